The molecular weight excluding hydrogens is 372 g/mol. The van der Waals surface area contributed by atoms with Crippen LogP contribution in [0.25, 0.3) is 10.9 Å². The molecule has 1 saturated heterocycles. The van der Waals surface area contributed by atoms with Gasteiger partial charge in [-0.1, -0.05) is 13.8 Å². The zero-order valence-electron chi connectivity index (χ0n) is 16.1. The van der Waals surface area contributed by atoms with Crippen molar-refractivity contribution in [2.75, 3.05) is 4.90 Å². The maximum absolute atomic E-state index is 10.5. The van der Waals surface area contributed by atoms with Gasteiger partial charge in [-0.05, 0) is 61.0 Å². The van der Waals surface area contributed by atoms with Crippen LogP contribution in [0, 0.1) is 0 Å². The summed E-state index contributed by atoms with van der Waals surface area (Å²) < 4.78 is 2.19. The van der Waals surface area contributed by atoms with Crippen molar-refractivity contribution < 1.29 is 10.2 Å². The number of thiocarbonyl (C=S) groups is 1. The molecule has 4 rings (SSSR count). The molecule has 0 radical (unpaired) electrons. The van der Waals surface area contributed by atoms with Crippen molar-refractivity contribution >= 4 is 33.9 Å². The number of fused-ring (bicyclic) bond motifs is 1. The van der Waals surface area contributed by atoms with E-state index < -0.39 is 6.17 Å². The van der Waals surface area contributed by atoms with Gasteiger partial charge in [-0.2, -0.15) is 0 Å². The normalized spacial score (nSPS) is 16.9. The van der Waals surface area contributed by atoms with E-state index in [-0.39, 0.29) is 17.4 Å². The van der Waals surface area contributed by atoms with E-state index in [0.29, 0.717) is 10.7 Å². The molecule has 0 aliphatic carbocycles. The maximum atomic E-state index is 10.5. The second-order valence-corrected chi connectivity index (χ2v) is 7.70. The predicted molar refractivity (Wildman–Crippen MR) is 116 cm³/mol. The summed E-state index contributed by atoms with van der Waals surface area (Å²) >= 11 is 5.52. The Morgan fingerprint density at radius 3 is 2.61 bits per heavy atom. The number of hydrazine groups is 1. The lowest BCUT2D eigenvalue weighted by Crippen LogP contribution is -2.29. The number of nitrogens with zero attached hydrogens (tertiary/aromatic N) is 2. The lowest BCUT2D eigenvalue weighted by molar-refractivity contribution is 0.431. The van der Waals surface area contributed by atoms with Crippen molar-refractivity contribution in [3.63, 3.8) is 0 Å². The van der Waals surface area contributed by atoms with E-state index in [1.165, 1.54) is 11.6 Å². The summed E-state index contributed by atoms with van der Waals surface area (Å²) in [5.74, 6) is 0.243. The van der Waals surface area contributed by atoms with Crippen LogP contribution in [0.3, 0.4) is 0 Å². The number of rotatable bonds is 4. The highest BCUT2D eigenvalue weighted by molar-refractivity contribution is 7.80. The van der Waals surface area contributed by atoms with Crippen LogP contribution >= 0.6 is 12.2 Å². The van der Waals surface area contributed by atoms with E-state index >= 15 is 0 Å². The number of aromatic hydroxyl groups is 2. The first-order valence-corrected chi connectivity index (χ1v) is 9.81. The zero-order valence-corrected chi connectivity index (χ0v) is 16.9. The molecule has 4 N–H and O–H groups in total. The second kappa shape index (κ2) is 7.00. The van der Waals surface area contributed by atoms with Crippen molar-refractivity contribution in [2.45, 2.75) is 39.4 Å². The molecule has 1 atom stereocenters. The number of hydrogen-bond acceptors (Lipinski definition) is 4. The minimum Gasteiger partial charge on any atom is -0.508 e. The molecule has 146 valence electrons. The molecule has 0 bridgehead atoms. The smallest absolute Gasteiger partial charge is 0.189 e. The largest absolute Gasteiger partial charge is 0.508 e. The Hall–Kier alpha value is -2.77. The quantitative estimate of drug-likeness (QED) is 0.498. The highest BCUT2D eigenvalue weighted by Crippen LogP contribution is 2.39. The van der Waals surface area contributed by atoms with Crippen LogP contribution in [0.2, 0.25) is 0 Å². The lowest BCUT2D eigenvalue weighted by atomic mass is 9.97. The predicted octanol–water partition coefficient (Wildman–Crippen LogP) is 4.09. The number of hydrogen-bond donors (Lipinski definition) is 4. The molecular formula is C21H24N4O2S. The number of anilines is 1. The fourth-order valence-electron chi connectivity index (χ4n) is 3.76. The Labute approximate surface area is 169 Å². The first-order chi connectivity index (χ1) is 13.4. The summed E-state index contributed by atoms with van der Waals surface area (Å²) in [6.07, 6.45) is 1.68. The van der Waals surface area contributed by atoms with Crippen molar-refractivity contribution in [3.05, 3.63) is 53.7 Å². The molecule has 0 amide bonds. The van der Waals surface area contributed by atoms with Gasteiger partial charge in [0.05, 0.1) is 0 Å². The van der Waals surface area contributed by atoms with Crippen LogP contribution < -0.4 is 15.8 Å². The summed E-state index contributed by atoms with van der Waals surface area (Å²) in [5, 5.41) is 22.3. The zero-order chi connectivity index (χ0) is 20.0. The van der Waals surface area contributed by atoms with Crippen molar-refractivity contribution in [3.8, 4) is 11.5 Å². The summed E-state index contributed by atoms with van der Waals surface area (Å²) in [6, 6.07) is 11.5. The summed E-state index contributed by atoms with van der Waals surface area (Å²) in [7, 11) is 0. The van der Waals surface area contributed by atoms with Gasteiger partial charge in [0.15, 0.2) is 5.11 Å². The number of aromatic nitrogens is 1. The molecule has 6 nitrogen and oxygen atoms in total. The van der Waals surface area contributed by atoms with Crippen LogP contribution in [0.15, 0.2) is 42.6 Å². The van der Waals surface area contributed by atoms with Gasteiger partial charge in [-0.3, -0.25) is 10.3 Å². The van der Waals surface area contributed by atoms with E-state index in [0.717, 1.165) is 23.2 Å². The molecule has 7 heteroatoms. The molecule has 2 heterocycles. The van der Waals surface area contributed by atoms with Crippen molar-refractivity contribution in [1.82, 2.24) is 15.4 Å². The number of nitrogens with one attached hydrogen (secondary N) is 2. The summed E-state index contributed by atoms with van der Waals surface area (Å²) in [6.45, 7) is 7.04. The summed E-state index contributed by atoms with van der Waals surface area (Å²) in [4.78, 5) is 1.94. The molecule has 1 aliphatic rings. The first-order valence-electron chi connectivity index (χ1n) is 9.40. The van der Waals surface area contributed by atoms with E-state index in [1.54, 1.807) is 0 Å². The van der Waals surface area contributed by atoms with Crippen molar-refractivity contribution in [2.24, 2.45) is 0 Å². The van der Waals surface area contributed by atoms with Gasteiger partial charge >= 0.3 is 0 Å². The van der Waals surface area contributed by atoms with Crippen LogP contribution in [-0.2, 0) is 6.54 Å². The molecule has 1 unspecified atom stereocenters. The van der Waals surface area contributed by atoms with E-state index in [1.807, 2.05) is 30.9 Å². The van der Waals surface area contributed by atoms with Crippen LogP contribution in [0.4, 0.5) is 5.69 Å². The SMILES string of the molecule is CCn1ccc2cc(N3C(=S)NNC3c3cc(C(C)C)c(O)cc3O)ccc21. The van der Waals surface area contributed by atoms with E-state index in [9.17, 15) is 10.2 Å². The summed E-state index contributed by atoms with van der Waals surface area (Å²) in [5.41, 5.74) is 9.68. The van der Waals surface area contributed by atoms with Gasteiger partial charge in [0.25, 0.3) is 0 Å². The third-order valence-corrected chi connectivity index (χ3v) is 5.56. The molecule has 3 aromatic rings. The number of benzene rings is 2. The van der Waals surface area contributed by atoms with Gasteiger partial charge in [0.2, 0.25) is 0 Å². The molecule has 0 spiro atoms. The minimum absolute atomic E-state index is 0.0223. The Morgan fingerprint density at radius 1 is 1.11 bits per heavy atom. The Bertz CT molecular complexity index is 1060. The second-order valence-electron chi connectivity index (χ2n) is 7.32. The molecule has 1 aliphatic heterocycles. The molecule has 0 saturated carbocycles. The number of aryl methyl sites for hydroxylation is 1. The van der Waals surface area contributed by atoms with Crippen LogP contribution in [0.1, 0.15) is 44.0 Å². The van der Waals surface area contributed by atoms with E-state index in [2.05, 4.69) is 46.7 Å². The molecule has 2 aromatic carbocycles. The van der Waals surface area contributed by atoms with Gasteiger partial charge < -0.3 is 14.8 Å². The molecule has 28 heavy (non-hydrogen) atoms. The van der Waals surface area contributed by atoms with Gasteiger partial charge in [0, 0.05) is 41.0 Å². The van der Waals surface area contributed by atoms with Crippen LogP contribution in [-0.4, -0.2) is 19.9 Å². The van der Waals surface area contributed by atoms with Gasteiger partial charge in [-0.25, -0.2) is 5.43 Å². The third kappa shape index (κ3) is 2.96. The standard InChI is InChI=1S/C21H24N4O2S/c1-4-24-8-7-13-9-14(5-6-17(13)24)25-20(22-23-21(25)28)16-10-15(12(2)3)18(26)11-19(16)27/h5-12,20,22,26-27H,4H2,1-3H3,(H,23,28). The Kier molecular flexibility index (Phi) is 4.64. The fraction of sp³-hybridized carbons (Fsp3) is 0.286. The number of phenols is 2. The number of phenolic OH excluding ortho intramolecular Hbond substituents is 2. The highest BCUT2D eigenvalue weighted by Gasteiger charge is 2.33. The molecule has 1 fully saturated rings. The lowest BCUT2D eigenvalue weighted by Gasteiger charge is -2.26. The topological polar surface area (TPSA) is 72.7 Å². The maximum Gasteiger partial charge on any atom is 0.189 e. The Morgan fingerprint density at radius 2 is 1.89 bits per heavy atom. The highest BCUT2D eigenvalue weighted by atomic mass is 32.1. The minimum atomic E-state index is -0.392. The van der Waals surface area contributed by atoms with Gasteiger partial charge in [0.1, 0.15) is 17.7 Å². The first kappa shape index (κ1) is 18.6. The monoisotopic (exact) mass is 396 g/mol. The van der Waals surface area contributed by atoms with Crippen molar-refractivity contribution in [1.29, 1.82) is 0 Å². The average molecular weight is 397 g/mol. The average Bonchev–Trinajstić information content (AvgIpc) is 3.24. The fourth-order valence-corrected chi connectivity index (χ4v) is 4.03. The third-order valence-electron chi connectivity index (χ3n) is 5.26. The van der Waals surface area contributed by atoms with Crippen LogP contribution in [0.5, 0.6) is 11.5 Å². The molecule has 1 aromatic heterocycles. The van der Waals surface area contributed by atoms with E-state index in [4.69, 9.17) is 12.2 Å². The van der Waals surface area contributed by atoms with Gasteiger partial charge in [-0.15, -0.1) is 0 Å². The Balaban J connectivity index is 1.79.